The lowest BCUT2D eigenvalue weighted by molar-refractivity contribution is -0.143. The summed E-state index contributed by atoms with van der Waals surface area (Å²) in [6.07, 6.45) is -2.92. The molecule has 0 heterocycles. The fourth-order valence-corrected chi connectivity index (χ4v) is 2.80. The SMILES string of the molecule is CC(C)CC(NC(=O)C(CCC(=O)O)NC(=O)C(N)C(C)O)C(=O)NC(CCC(=O)O)C(=O)O. The summed E-state index contributed by atoms with van der Waals surface area (Å²) in [4.78, 5) is 70.8. The van der Waals surface area contributed by atoms with Crippen molar-refractivity contribution in [1.29, 1.82) is 0 Å². The zero-order chi connectivity index (χ0) is 26.6. The van der Waals surface area contributed by atoms with Gasteiger partial charge in [-0.1, -0.05) is 13.8 Å². The van der Waals surface area contributed by atoms with Gasteiger partial charge in [-0.15, -0.1) is 0 Å². The van der Waals surface area contributed by atoms with E-state index >= 15 is 0 Å². The van der Waals surface area contributed by atoms with Crippen LogP contribution in [0.1, 0.15) is 52.9 Å². The van der Waals surface area contributed by atoms with Crippen LogP contribution < -0.4 is 21.7 Å². The van der Waals surface area contributed by atoms with Crippen molar-refractivity contribution in [2.75, 3.05) is 0 Å². The van der Waals surface area contributed by atoms with Gasteiger partial charge in [0.05, 0.1) is 6.10 Å². The maximum Gasteiger partial charge on any atom is 0.326 e. The predicted octanol–water partition coefficient (Wildman–Crippen LogP) is -1.99. The minimum absolute atomic E-state index is 0.0651. The average molecular weight is 491 g/mol. The number of carbonyl (C=O) groups is 6. The zero-order valence-electron chi connectivity index (χ0n) is 19.3. The van der Waals surface area contributed by atoms with Crippen LogP contribution in [0.25, 0.3) is 0 Å². The summed E-state index contributed by atoms with van der Waals surface area (Å²) < 4.78 is 0. The lowest BCUT2D eigenvalue weighted by atomic mass is 10.0. The molecule has 5 unspecified atom stereocenters. The maximum absolute atomic E-state index is 12.8. The van der Waals surface area contributed by atoms with Crippen molar-refractivity contribution in [1.82, 2.24) is 16.0 Å². The second-order valence-electron chi connectivity index (χ2n) is 8.28. The van der Waals surface area contributed by atoms with Crippen LogP contribution in [0.5, 0.6) is 0 Å². The first-order valence-electron chi connectivity index (χ1n) is 10.7. The molecule has 9 N–H and O–H groups in total. The molecule has 5 atom stereocenters. The van der Waals surface area contributed by atoms with E-state index in [4.69, 9.17) is 15.9 Å². The molecule has 0 radical (unpaired) electrons. The van der Waals surface area contributed by atoms with Crippen LogP contribution in [0.3, 0.4) is 0 Å². The van der Waals surface area contributed by atoms with Gasteiger partial charge in [-0.2, -0.15) is 0 Å². The molecule has 0 aliphatic carbocycles. The Morgan fingerprint density at radius 3 is 1.53 bits per heavy atom. The molecule has 0 aliphatic rings. The fraction of sp³-hybridized carbons (Fsp3) is 0.700. The van der Waals surface area contributed by atoms with Crippen molar-refractivity contribution >= 4 is 35.6 Å². The number of hydrogen-bond donors (Lipinski definition) is 8. The van der Waals surface area contributed by atoms with E-state index in [1.807, 2.05) is 0 Å². The first-order chi connectivity index (χ1) is 15.6. The third kappa shape index (κ3) is 12.1. The Bertz CT molecular complexity index is 756. The normalized spacial score (nSPS) is 15.4. The number of carbonyl (C=O) groups excluding carboxylic acids is 3. The Morgan fingerprint density at radius 2 is 1.12 bits per heavy atom. The van der Waals surface area contributed by atoms with Gasteiger partial charge in [-0.3, -0.25) is 24.0 Å². The number of hydrogen-bond acceptors (Lipinski definition) is 8. The quantitative estimate of drug-likeness (QED) is 0.118. The minimum Gasteiger partial charge on any atom is -0.481 e. The predicted molar refractivity (Wildman–Crippen MR) is 116 cm³/mol. The van der Waals surface area contributed by atoms with Gasteiger partial charge >= 0.3 is 17.9 Å². The van der Waals surface area contributed by atoms with Gasteiger partial charge in [0.15, 0.2) is 0 Å². The van der Waals surface area contributed by atoms with Crippen molar-refractivity contribution in [2.45, 2.75) is 83.1 Å². The van der Waals surface area contributed by atoms with Crippen molar-refractivity contribution < 1.29 is 49.2 Å². The Hall–Kier alpha value is -3.26. The minimum atomic E-state index is -1.51. The molecule has 14 nitrogen and oxygen atoms in total. The van der Waals surface area contributed by atoms with Crippen molar-refractivity contribution in [2.24, 2.45) is 11.7 Å². The number of aliphatic carboxylic acids is 3. The summed E-state index contributed by atoms with van der Waals surface area (Å²) in [6, 6.07) is -5.56. The fourth-order valence-electron chi connectivity index (χ4n) is 2.80. The molecule has 34 heavy (non-hydrogen) atoms. The molecule has 0 saturated carbocycles. The van der Waals surface area contributed by atoms with Crippen LogP contribution in [0.4, 0.5) is 0 Å². The highest BCUT2D eigenvalue weighted by atomic mass is 16.4. The van der Waals surface area contributed by atoms with Crippen molar-refractivity contribution in [3.8, 4) is 0 Å². The van der Waals surface area contributed by atoms with Crippen LogP contribution >= 0.6 is 0 Å². The lowest BCUT2D eigenvalue weighted by Crippen LogP contribution is -2.58. The van der Waals surface area contributed by atoms with Gasteiger partial charge < -0.3 is 42.1 Å². The molecule has 0 rings (SSSR count). The molecule has 194 valence electrons. The van der Waals surface area contributed by atoms with Crippen LogP contribution in [-0.4, -0.2) is 86.3 Å². The Balaban J connectivity index is 5.57. The van der Waals surface area contributed by atoms with Crippen molar-refractivity contribution in [3.05, 3.63) is 0 Å². The summed E-state index contributed by atoms with van der Waals surface area (Å²) in [7, 11) is 0. The molecule has 0 aromatic carbocycles. The molecule has 0 aliphatic heterocycles. The molecule has 14 heteroatoms. The smallest absolute Gasteiger partial charge is 0.326 e. The van der Waals surface area contributed by atoms with E-state index in [-0.39, 0.29) is 25.2 Å². The van der Waals surface area contributed by atoms with E-state index in [1.54, 1.807) is 13.8 Å². The number of amides is 3. The molecular formula is C20H34N4O10. The first kappa shape index (κ1) is 30.7. The lowest BCUT2D eigenvalue weighted by Gasteiger charge is -2.26. The van der Waals surface area contributed by atoms with E-state index in [0.29, 0.717) is 0 Å². The molecular weight excluding hydrogens is 456 g/mol. The summed E-state index contributed by atoms with van der Waals surface area (Å²) in [5.74, 6) is -6.80. The van der Waals surface area contributed by atoms with Crippen molar-refractivity contribution in [3.63, 3.8) is 0 Å². The Labute approximate surface area is 196 Å². The number of rotatable bonds is 16. The van der Waals surface area contributed by atoms with Crippen LogP contribution in [0.2, 0.25) is 0 Å². The molecule has 0 aromatic heterocycles. The first-order valence-corrected chi connectivity index (χ1v) is 10.7. The van der Waals surface area contributed by atoms with Gasteiger partial charge in [-0.25, -0.2) is 4.79 Å². The van der Waals surface area contributed by atoms with Gasteiger partial charge in [0.1, 0.15) is 24.2 Å². The largest absolute Gasteiger partial charge is 0.481 e. The Kier molecular flexibility index (Phi) is 13.4. The van der Waals surface area contributed by atoms with Gasteiger partial charge in [0.2, 0.25) is 17.7 Å². The molecule has 0 fully saturated rings. The van der Waals surface area contributed by atoms with Gasteiger partial charge in [-0.05, 0) is 32.1 Å². The molecule has 0 spiro atoms. The summed E-state index contributed by atoms with van der Waals surface area (Å²) >= 11 is 0. The highest BCUT2D eigenvalue weighted by Crippen LogP contribution is 2.09. The maximum atomic E-state index is 12.8. The van der Waals surface area contributed by atoms with E-state index < -0.39 is 78.7 Å². The monoisotopic (exact) mass is 490 g/mol. The zero-order valence-corrected chi connectivity index (χ0v) is 19.3. The Morgan fingerprint density at radius 1 is 0.706 bits per heavy atom. The van der Waals surface area contributed by atoms with Gasteiger partial charge in [0, 0.05) is 12.8 Å². The molecule has 0 aromatic rings. The van der Waals surface area contributed by atoms with E-state index in [1.165, 1.54) is 6.92 Å². The van der Waals surface area contributed by atoms with E-state index in [2.05, 4.69) is 16.0 Å². The molecule has 0 saturated heterocycles. The summed E-state index contributed by atoms with van der Waals surface area (Å²) in [6.45, 7) is 4.72. The number of aliphatic hydroxyl groups excluding tert-OH is 1. The number of nitrogens with one attached hydrogen (secondary N) is 3. The second kappa shape index (κ2) is 14.8. The van der Waals surface area contributed by atoms with E-state index in [9.17, 15) is 39.0 Å². The number of aliphatic hydroxyl groups is 1. The summed E-state index contributed by atoms with van der Waals surface area (Å²) in [5, 5.41) is 43.2. The van der Waals surface area contributed by atoms with E-state index in [0.717, 1.165) is 0 Å². The second-order valence-corrected chi connectivity index (χ2v) is 8.28. The third-order valence-electron chi connectivity index (χ3n) is 4.70. The number of carboxylic acid groups (broad SMARTS) is 3. The molecule has 3 amide bonds. The number of nitrogens with two attached hydrogens (primary N) is 1. The average Bonchev–Trinajstić information content (AvgIpc) is 2.71. The highest BCUT2D eigenvalue weighted by molar-refractivity contribution is 5.94. The highest BCUT2D eigenvalue weighted by Gasteiger charge is 2.31. The standard InChI is InChI=1S/C20H34N4O10/c1-9(2)8-13(18(31)23-12(20(33)34)5-7-15(28)29)24-17(30)11(4-6-14(26)27)22-19(32)16(21)10(3)25/h9-13,16,25H,4-8,21H2,1-3H3,(H,22,32)(H,23,31)(H,24,30)(H,26,27)(H,28,29)(H,33,34). The van der Waals surface area contributed by atoms with Crippen LogP contribution in [0.15, 0.2) is 0 Å². The van der Waals surface area contributed by atoms with Crippen LogP contribution in [0, 0.1) is 5.92 Å². The topological polar surface area (TPSA) is 245 Å². The van der Waals surface area contributed by atoms with Crippen LogP contribution in [-0.2, 0) is 28.8 Å². The number of carboxylic acids is 3. The summed E-state index contributed by atoms with van der Waals surface area (Å²) in [5.41, 5.74) is 5.54. The third-order valence-corrected chi connectivity index (χ3v) is 4.70. The molecule has 0 bridgehead atoms. The van der Waals surface area contributed by atoms with Gasteiger partial charge in [0.25, 0.3) is 0 Å².